The number of thiocarbonyl (C=S) groups is 1. The summed E-state index contributed by atoms with van der Waals surface area (Å²) in [5.74, 6) is 2.60. The van der Waals surface area contributed by atoms with Crippen LogP contribution in [-0.2, 0) is 0 Å². The molecule has 0 radical (unpaired) electrons. The minimum absolute atomic E-state index is 0.295. The molecule has 3 N–H and O–H groups in total. The molecule has 4 nitrogen and oxygen atoms in total. The Balaban J connectivity index is 1.67. The standard InChI is InChI=1S/C12H16N4S/c13-12(17)10-5-15-11(6-14-10)16-9-4-7-1-2-8(9)3-7/h5-9H,1-4H2,(H2,13,17)(H,15,16). The van der Waals surface area contributed by atoms with E-state index in [1.807, 2.05) is 0 Å². The molecule has 3 atom stereocenters. The normalized spacial score (nSPS) is 30.5. The molecule has 0 aromatic carbocycles. The topological polar surface area (TPSA) is 63.8 Å². The van der Waals surface area contributed by atoms with E-state index in [4.69, 9.17) is 18.0 Å². The molecule has 0 amide bonds. The Kier molecular flexibility index (Phi) is 2.70. The predicted octanol–water partition coefficient (Wildman–Crippen LogP) is 1.71. The molecule has 0 aliphatic heterocycles. The molecule has 2 saturated carbocycles. The average molecular weight is 248 g/mol. The number of nitrogens with two attached hydrogens (primary N) is 1. The highest BCUT2D eigenvalue weighted by atomic mass is 32.1. The van der Waals surface area contributed by atoms with Crippen molar-refractivity contribution >= 4 is 23.0 Å². The Bertz CT molecular complexity index is 431. The largest absolute Gasteiger partial charge is 0.388 e. The number of nitrogens with zero attached hydrogens (tertiary/aromatic N) is 2. The second kappa shape index (κ2) is 4.22. The molecule has 5 heteroatoms. The van der Waals surface area contributed by atoms with Crippen LogP contribution in [0.25, 0.3) is 0 Å². The highest BCUT2D eigenvalue weighted by Crippen LogP contribution is 2.45. The summed E-state index contributed by atoms with van der Waals surface area (Å²) < 4.78 is 0. The van der Waals surface area contributed by atoms with Gasteiger partial charge in [-0.3, -0.25) is 0 Å². The Morgan fingerprint density at radius 1 is 1.29 bits per heavy atom. The number of hydrogen-bond acceptors (Lipinski definition) is 4. The summed E-state index contributed by atoms with van der Waals surface area (Å²) in [7, 11) is 0. The van der Waals surface area contributed by atoms with E-state index in [9.17, 15) is 0 Å². The number of nitrogens with one attached hydrogen (secondary N) is 1. The van der Waals surface area contributed by atoms with Crippen molar-refractivity contribution in [1.82, 2.24) is 9.97 Å². The van der Waals surface area contributed by atoms with Gasteiger partial charge in [-0.25, -0.2) is 9.97 Å². The summed E-state index contributed by atoms with van der Waals surface area (Å²) in [4.78, 5) is 8.79. The maximum absolute atomic E-state index is 5.49. The van der Waals surface area contributed by atoms with Crippen LogP contribution in [0.4, 0.5) is 5.82 Å². The lowest BCUT2D eigenvalue weighted by Crippen LogP contribution is -2.26. The highest BCUT2D eigenvalue weighted by molar-refractivity contribution is 7.80. The SMILES string of the molecule is NC(=S)c1cnc(NC2CC3CCC2C3)cn1. The first kappa shape index (κ1) is 10.9. The fourth-order valence-electron chi connectivity index (χ4n) is 3.14. The summed E-state index contributed by atoms with van der Waals surface area (Å²) >= 11 is 4.85. The van der Waals surface area contributed by atoms with E-state index < -0.39 is 0 Å². The summed E-state index contributed by atoms with van der Waals surface area (Å²) in [6, 6.07) is 0.582. The summed E-state index contributed by atoms with van der Waals surface area (Å²) in [6.07, 6.45) is 8.80. The van der Waals surface area contributed by atoms with Gasteiger partial charge in [0.15, 0.2) is 0 Å². The fraction of sp³-hybridized carbons (Fsp3) is 0.583. The van der Waals surface area contributed by atoms with Crippen molar-refractivity contribution in [2.45, 2.75) is 31.7 Å². The van der Waals surface area contributed by atoms with Gasteiger partial charge < -0.3 is 11.1 Å². The zero-order chi connectivity index (χ0) is 11.8. The zero-order valence-electron chi connectivity index (χ0n) is 9.60. The minimum atomic E-state index is 0.295. The molecule has 3 unspecified atom stereocenters. The molecule has 0 saturated heterocycles. The molecule has 1 aromatic rings. The molecule has 2 fully saturated rings. The van der Waals surface area contributed by atoms with Crippen LogP contribution >= 0.6 is 12.2 Å². The van der Waals surface area contributed by atoms with E-state index in [2.05, 4.69) is 15.3 Å². The molecule has 1 aromatic heterocycles. The molecule has 17 heavy (non-hydrogen) atoms. The van der Waals surface area contributed by atoms with E-state index in [0.29, 0.717) is 16.7 Å². The van der Waals surface area contributed by atoms with Gasteiger partial charge in [-0.1, -0.05) is 18.6 Å². The number of rotatable bonds is 3. The maximum Gasteiger partial charge on any atom is 0.144 e. The van der Waals surface area contributed by atoms with Crippen molar-refractivity contribution in [2.75, 3.05) is 5.32 Å². The lowest BCUT2D eigenvalue weighted by molar-refractivity contribution is 0.439. The van der Waals surface area contributed by atoms with Gasteiger partial charge in [0, 0.05) is 6.04 Å². The minimum Gasteiger partial charge on any atom is -0.388 e. The van der Waals surface area contributed by atoms with Gasteiger partial charge in [0.05, 0.1) is 12.4 Å². The fourth-order valence-corrected chi connectivity index (χ4v) is 3.25. The van der Waals surface area contributed by atoms with Gasteiger partial charge in [-0.2, -0.15) is 0 Å². The van der Waals surface area contributed by atoms with Crippen molar-refractivity contribution in [3.63, 3.8) is 0 Å². The van der Waals surface area contributed by atoms with Gasteiger partial charge >= 0.3 is 0 Å². The van der Waals surface area contributed by atoms with Crippen LogP contribution in [0.3, 0.4) is 0 Å². The molecule has 3 rings (SSSR count). The van der Waals surface area contributed by atoms with Crippen LogP contribution in [0.1, 0.15) is 31.4 Å². The Morgan fingerprint density at radius 2 is 2.18 bits per heavy atom. The van der Waals surface area contributed by atoms with Crippen molar-refractivity contribution in [1.29, 1.82) is 0 Å². The van der Waals surface area contributed by atoms with Crippen molar-refractivity contribution in [3.8, 4) is 0 Å². The van der Waals surface area contributed by atoms with Crippen LogP contribution in [0.15, 0.2) is 12.4 Å². The molecule has 2 aliphatic carbocycles. The summed E-state index contributed by atoms with van der Waals surface area (Å²) in [6.45, 7) is 0. The van der Waals surface area contributed by atoms with Crippen LogP contribution in [0.2, 0.25) is 0 Å². The van der Waals surface area contributed by atoms with Crippen LogP contribution in [-0.4, -0.2) is 21.0 Å². The van der Waals surface area contributed by atoms with Gasteiger partial charge in [-0.05, 0) is 31.1 Å². The lowest BCUT2D eigenvalue weighted by atomic mass is 9.95. The van der Waals surface area contributed by atoms with E-state index in [-0.39, 0.29) is 0 Å². The first-order valence-corrected chi connectivity index (χ1v) is 6.51. The monoisotopic (exact) mass is 248 g/mol. The Morgan fingerprint density at radius 3 is 2.71 bits per heavy atom. The van der Waals surface area contributed by atoms with Gasteiger partial charge in [0.1, 0.15) is 16.5 Å². The van der Waals surface area contributed by atoms with E-state index >= 15 is 0 Å². The third-order valence-electron chi connectivity index (χ3n) is 3.98. The van der Waals surface area contributed by atoms with Crippen LogP contribution in [0, 0.1) is 11.8 Å². The summed E-state index contributed by atoms with van der Waals surface area (Å²) in [5, 5.41) is 3.48. The lowest BCUT2D eigenvalue weighted by Gasteiger charge is -2.23. The number of hydrogen-bond donors (Lipinski definition) is 2. The quantitative estimate of drug-likeness (QED) is 0.797. The van der Waals surface area contributed by atoms with Crippen molar-refractivity contribution < 1.29 is 0 Å². The molecule has 90 valence electrons. The van der Waals surface area contributed by atoms with E-state index in [1.54, 1.807) is 12.4 Å². The number of anilines is 1. The van der Waals surface area contributed by atoms with Crippen molar-refractivity contribution in [2.24, 2.45) is 17.6 Å². The smallest absolute Gasteiger partial charge is 0.144 e. The third kappa shape index (κ3) is 2.11. The van der Waals surface area contributed by atoms with E-state index in [1.165, 1.54) is 25.7 Å². The van der Waals surface area contributed by atoms with Gasteiger partial charge in [-0.15, -0.1) is 0 Å². The number of aromatic nitrogens is 2. The molecule has 2 aliphatic rings. The first-order chi connectivity index (χ1) is 8.22. The Labute approximate surface area is 106 Å². The van der Waals surface area contributed by atoms with Crippen LogP contribution < -0.4 is 11.1 Å². The summed E-state index contributed by atoms with van der Waals surface area (Å²) in [5.41, 5.74) is 6.07. The molecule has 2 bridgehead atoms. The second-order valence-corrected chi connectivity index (χ2v) is 5.52. The van der Waals surface area contributed by atoms with Gasteiger partial charge in [0.25, 0.3) is 0 Å². The second-order valence-electron chi connectivity index (χ2n) is 5.08. The molecule has 0 spiro atoms. The molecular formula is C12H16N4S. The third-order valence-corrected chi connectivity index (χ3v) is 4.18. The maximum atomic E-state index is 5.49. The average Bonchev–Trinajstić information content (AvgIpc) is 2.91. The molecule has 1 heterocycles. The predicted molar refractivity (Wildman–Crippen MR) is 70.8 cm³/mol. The molecular weight excluding hydrogens is 232 g/mol. The number of fused-ring (bicyclic) bond motifs is 2. The first-order valence-electron chi connectivity index (χ1n) is 6.11. The zero-order valence-corrected chi connectivity index (χ0v) is 10.4. The Hall–Kier alpha value is -1.23. The van der Waals surface area contributed by atoms with E-state index in [0.717, 1.165) is 17.7 Å². The van der Waals surface area contributed by atoms with Crippen molar-refractivity contribution in [3.05, 3.63) is 18.1 Å². The van der Waals surface area contributed by atoms with Crippen LogP contribution in [0.5, 0.6) is 0 Å². The van der Waals surface area contributed by atoms with Gasteiger partial charge in [0.2, 0.25) is 0 Å². The highest BCUT2D eigenvalue weighted by Gasteiger charge is 2.39.